The fourth-order valence-electron chi connectivity index (χ4n) is 5.39. The van der Waals surface area contributed by atoms with Crippen molar-refractivity contribution in [2.45, 2.75) is 11.7 Å². The molecule has 1 fully saturated rings. The van der Waals surface area contributed by atoms with E-state index >= 15 is 0 Å². The van der Waals surface area contributed by atoms with Crippen LogP contribution in [0.15, 0.2) is 108 Å². The molecule has 2 heterocycles. The van der Waals surface area contributed by atoms with Crippen molar-refractivity contribution < 1.29 is 18.9 Å². The summed E-state index contributed by atoms with van der Waals surface area (Å²) in [6, 6.07) is 33.8. The number of methoxy groups -OCH3 is 1. The molecule has 0 radical (unpaired) electrons. The first-order chi connectivity index (χ1) is 21.1. The minimum absolute atomic E-state index is 0.00827. The molecule has 2 amide bonds. The number of benzene rings is 4. The normalized spacial score (nSPS) is 13.2. The topological polar surface area (TPSA) is 81.5 Å². The van der Waals surface area contributed by atoms with Crippen molar-refractivity contribution in [2.75, 3.05) is 49.3 Å². The number of ether oxygens (including phenoxy) is 1. The third kappa shape index (κ3) is 6.52. The highest BCUT2D eigenvalue weighted by molar-refractivity contribution is 7.99. The number of aromatic amines is 1. The first kappa shape index (κ1) is 28.4. The quantitative estimate of drug-likeness (QED) is 0.182. The largest absolute Gasteiger partial charge is 0.496 e. The number of imidazole rings is 1. The summed E-state index contributed by atoms with van der Waals surface area (Å²) in [7, 11) is 1.58. The summed E-state index contributed by atoms with van der Waals surface area (Å²) >= 11 is 1.50. The molecule has 6 rings (SSSR count). The number of aromatic nitrogens is 2. The van der Waals surface area contributed by atoms with E-state index in [-0.39, 0.29) is 17.6 Å². The molecule has 1 aliphatic rings. The van der Waals surface area contributed by atoms with Gasteiger partial charge >= 0.3 is 5.16 Å². The van der Waals surface area contributed by atoms with Gasteiger partial charge in [0.2, 0.25) is 5.91 Å². The van der Waals surface area contributed by atoms with E-state index in [1.165, 1.54) is 17.3 Å². The van der Waals surface area contributed by atoms with Crippen LogP contribution < -0.4 is 19.5 Å². The Morgan fingerprint density at radius 2 is 1.56 bits per heavy atom. The van der Waals surface area contributed by atoms with Gasteiger partial charge in [-0.3, -0.25) is 9.59 Å². The van der Waals surface area contributed by atoms with Crippen LogP contribution in [-0.2, 0) is 11.3 Å². The van der Waals surface area contributed by atoms with Crippen LogP contribution in [0.25, 0.3) is 11.0 Å². The van der Waals surface area contributed by atoms with E-state index < -0.39 is 0 Å². The average molecular weight is 593 g/mol. The molecular weight excluding hydrogens is 558 g/mol. The molecule has 8 nitrogen and oxygen atoms in total. The van der Waals surface area contributed by atoms with E-state index in [9.17, 15) is 9.59 Å². The smallest absolute Gasteiger partial charge is 0.317 e. The van der Waals surface area contributed by atoms with Gasteiger partial charge in [-0.2, -0.15) is 0 Å². The van der Waals surface area contributed by atoms with E-state index in [1.807, 2.05) is 83.8 Å². The Hall–Kier alpha value is -4.76. The second-order valence-corrected chi connectivity index (χ2v) is 11.3. The Morgan fingerprint density at radius 3 is 2.33 bits per heavy atom. The number of thioether (sulfide) groups is 1. The average Bonchev–Trinajstić information content (AvgIpc) is 3.41. The summed E-state index contributed by atoms with van der Waals surface area (Å²) in [4.78, 5) is 33.6. The molecule has 0 saturated carbocycles. The summed E-state index contributed by atoms with van der Waals surface area (Å²) < 4.78 is 7.60. The van der Waals surface area contributed by atoms with Crippen LogP contribution in [0.4, 0.5) is 11.4 Å². The standard InChI is InChI=1S/C34H33N5O3S/c1-42-31-14-8-5-11-28(31)33(41)38-21-19-37(20-22-38)27-17-15-26(16-18-27)35-32(40)24-43-34-36-29-12-6-7-13-30(29)39(34)23-25-9-3-2-4-10-25/h2-18H,19-24H2,1H3,(H,35,40)/p+1. The lowest BCUT2D eigenvalue weighted by molar-refractivity contribution is -0.700. The predicted molar refractivity (Wildman–Crippen MR) is 171 cm³/mol. The number of H-pyrrole nitrogens is 1. The third-order valence-electron chi connectivity index (χ3n) is 7.63. The SMILES string of the molecule is COc1ccccc1C(=O)N1CCN(c2ccc(NC(=O)CSc3[nH]c4ccccc4[n+]3Cc3ccccc3)cc2)CC1. The molecule has 0 bridgehead atoms. The van der Waals surface area contributed by atoms with Crippen molar-refractivity contribution in [1.29, 1.82) is 0 Å². The molecule has 2 N–H and O–H groups in total. The third-order valence-corrected chi connectivity index (χ3v) is 8.63. The van der Waals surface area contributed by atoms with Crippen molar-refractivity contribution in [2.24, 2.45) is 0 Å². The number of carbonyl (C=O) groups is 2. The van der Waals surface area contributed by atoms with E-state index in [4.69, 9.17) is 4.74 Å². The van der Waals surface area contributed by atoms with Crippen molar-refractivity contribution in [3.05, 3.63) is 114 Å². The molecule has 218 valence electrons. The van der Waals surface area contributed by atoms with Gasteiger partial charge in [-0.15, -0.1) is 0 Å². The molecule has 5 aromatic rings. The summed E-state index contributed by atoms with van der Waals surface area (Å²) in [6.07, 6.45) is 0. The Balaban J connectivity index is 1.03. The summed E-state index contributed by atoms with van der Waals surface area (Å²) in [5.74, 6) is 0.807. The zero-order chi connectivity index (χ0) is 29.6. The molecule has 43 heavy (non-hydrogen) atoms. The number of anilines is 2. The number of nitrogens with zero attached hydrogens (tertiary/aromatic N) is 3. The lowest BCUT2D eigenvalue weighted by atomic mass is 10.1. The van der Waals surface area contributed by atoms with E-state index in [1.54, 1.807) is 7.11 Å². The fourth-order valence-corrected chi connectivity index (χ4v) is 6.23. The van der Waals surface area contributed by atoms with E-state index in [2.05, 4.69) is 44.0 Å². The molecule has 9 heteroatoms. The van der Waals surface area contributed by atoms with Gasteiger partial charge in [0, 0.05) is 37.6 Å². The number of piperazine rings is 1. The summed E-state index contributed by atoms with van der Waals surface area (Å²) in [5.41, 5.74) is 5.77. The van der Waals surface area contributed by atoms with Crippen LogP contribution in [0.1, 0.15) is 15.9 Å². The number of para-hydroxylation sites is 3. The van der Waals surface area contributed by atoms with Gasteiger partial charge in [0.1, 0.15) is 12.3 Å². The highest BCUT2D eigenvalue weighted by atomic mass is 32.2. The van der Waals surface area contributed by atoms with Gasteiger partial charge < -0.3 is 19.9 Å². The number of fused-ring (bicyclic) bond motifs is 1. The zero-order valence-corrected chi connectivity index (χ0v) is 24.8. The molecule has 4 aromatic carbocycles. The number of hydrogen-bond acceptors (Lipinski definition) is 5. The minimum atomic E-state index is -0.0638. The molecule has 0 aliphatic carbocycles. The van der Waals surface area contributed by atoms with Crippen LogP contribution in [0.5, 0.6) is 5.75 Å². The summed E-state index contributed by atoms with van der Waals surface area (Å²) in [6.45, 7) is 3.45. The maximum atomic E-state index is 13.0. The monoisotopic (exact) mass is 592 g/mol. The highest BCUT2D eigenvalue weighted by Crippen LogP contribution is 2.24. The Kier molecular flexibility index (Phi) is 8.60. The number of carbonyl (C=O) groups excluding carboxylic acids is 2. The Morgan fingerprint density at radius 1 is 0.860 bits per heavy atom. The van der Waals surface area contributed by atoms with Crippen LogP contribution >= 0.6 is 11.8 Å². The van der Waals surface area contributed by atoms with Crippen molar-refractivity contribution in [1.82, 2.24) is 9.88 Å². The van der Waals surface area contributed by atoms with Gasteiger partial charge in [0.05, 0.1) is 18.4 Å². The molecule has 0 spiro atoms. The summed E-state index contributed by atoms with van der Waals surface area (Å²) in [5, 5.41) is 3.97. The second kappa shape index (κ2) is 13.0. The minimum Gasteiger partial charge on any atom is -0.496 e. The van der Waals surface area contributed by atoms with Gasteiger partial charge in [0.25, 0.3) is 5.91 Å². The Labute approximate surface area is 255 Å². The van der Waals surface area contributed by atoms with Crippen LogP contribution in [0.3, 0.4) is 0 Å². The van der Waals surface area contributed by atoms with Crippen LogP contribution in [0.2, 0.25) is 0 Å². The maximum absolute atomic E-state index is 13.0. The second-order valence-electron chi connectivity index (χ2n) is 10.4. The first-order valence-electron chi connectivity index (χ1n) is 14.3. The van der Waals surface area contributed by atoms with Crippen LogP contribution in [0, 0.1) is 0 Å². The highest BCUT2D eigenvalue weighted by Gasteiger charge is 2.24. The molecule has 1 aliphatic heterocycles. The van der Waals surface area contributed by atoms with Crippen molar-refractivity contribution in [3.63, 3.8) is 0 Å². The molecular formula is C34H34N5O3S+. The van der Waals surface area contributed by atoms with Gasteiger partial charge in [0.15, 0.2) is 11.0 Å². The lowest BCUT2D eigenvalue weighted by Crippen LogP contribution is -2.48. The maximum Gasteiger partial charge on any atom is 0.317 e. The van der Waals surface area contributed by atoms with Gasteiger partial charge in [-0.1, -0.05) is 54.6 Å². The van der Waals surface area contributed by atoms with Gasteiger partial charge in [-0.25, -0.2) is 9.55 Å². The molecule has 0 atom stereocenters. The predicted octanol–water partition coefficient (Wildman–Crippen LogP) is 5.21. The fraction of sp³-hybridized carbons (Fsp3) is 0.206. The number of rotatable bonds is 9. The number of nitrogens with one attached hydrogen (secondary N) is 2. The first-order valence-corrected chi connectivity index (χ1v) is 15.3. The number of amides is 2. The van der Waals surface area contributed by atoms with Crippen LogP contribution in [-0.4, -0.2) is 60.7 Å². The van der Waals surface area contributed by atoms with Gasteiger partial charge in [-0.05, 0) is 65.9 Å². The number of hydrogen-bond donors (Lipinski definition) is 2. The van der Waals surface area contributed by atoms with E-state index in [0.29, 0.717) is 24.4 Å². The zero-order valence-electron chi connectivity index (χ0n) is 24.0. The molecule has 1 saturated heterocycles. The van der Waals surface area contributed by atoms with Crippen molar-refractivity contribution in [3.8, 4) is 5.75 Å². The lowest BCUT2D eigenvalue weighted by Gasteiger charge is -2.36. The molecule has 1 aromatic heterocycles. The van der Waals surface area contributed by atoms with E-state index in [0.717, 1.165) is 47.2 Å². The Bertz CT molecular complexity index is 1710. The molecule has 0 unspecified atom stereocenters. The van der Waals surface area contributed by atoms with Crippen molar-refractivity contribution >= 4 is 46.0 Å².